The van der Waals surface area contributed by atoms with Crippen molar-refractivity contribution in [3.63, 3.8) is 0 Å². The van der Waals surface area contributed by atoms with Crippen LogP contribution in [0.5, 0.6) is 5.75 Å². The van der Waals surface area contributed by atoms with Crippen molar-refractivity contribution < 1.29 is 9.53 Å². The largest absolute Gasteiger partial charge is 0.491 e. The molecule has 1 amide bonds. The maximum Gasteiger partial charge on any atom is 0.253 e. The number of halogens is 1. The number of piperazine rings is 1. The van der Waals surface area contributed by atoms with Crippen molar-refractivity contribution in [2.24, 2.45) is 0 Å². The highest BCUT2D eigenvalue weighted by atomic mass is 35.5. The van der Waals surface area contributed by atoms with Gasteiger partial charge in [0.25, 0.3) is 5.91 Å². The second-order valence-electron chi connectivity index (χ2n) is 7.17. The summed E-state index contributed by atoms with van der Waals surface area (Å²) in [6, 6.07) is 17.1. The van der Waals surface area contributed by atoms with E-state index in [2.05, 4.69) is 9.88 Å². The maximum absolute atomic E-state index is 12.6. The summed E-state index contributed by atoms with van der Waals surface area (Å²) < 4.78 is 5.97. The van der Waals surface area contributed by atoms with E-state index in [4.69, 9.17) is 16.3 Å². The van der Waals surface area contributed by atoms with Crippen LogP contribution in [-0.2, 0) is 0 Å². The Morgan fingerprint density at radius 2 is 1.76 bits per heavy atom. The molecule has 1 aliphatic rings. The zero-order chi connectivity index (χ0) is 20.1. The molecule has 5 nitrogen and oxygen atoms in total. The van der Waals surface area contributed by atoms with Gasteiger partial charge in [-0.2, -0.15) is 0 Å². The van der Waals surface area contributed by atoms with Crippen LogP contribution < -0.4 is 4.74 Å². The number of hydrogen-bond acceptors (Lipinski definition) is 4. The van der Waals surface area contributed by atoms with Gasteiger partial charge in [-0.15, -0.1) is 0 Å². The molecule has 2 aromatic carbocycles. The molecular formula is C23H24ClN3O2. The number of aromatic nitrogens is 1. The molecule has 1 aliphatic heterocycles. The molecule has 1 fully saturated rings. The average Bonchev–Trinajstić information content (AvgIpc) is 2.77. The first-order valence-corrected chi connectivity index (χ1v) is 10.3. The van der Waals surface area contributed by atoms with Crippen LogP contribution in [0.15, 0.2) is 60.8 Å². The van der Waals surface area contributed by atoms with E-state index >= 15 is 0 Å². The SMILES string of the molecule is O=C(c1ccc(Cl)cc1)N1CCN(CCCOc2cccc3cccnc23)CC1. The minimum atomic E-state index is 0.0769. The predicted octanol–water partition coefficient (Wildman–Crippen LogP) is 4.12. The molecule has 3 aromatic rings. The molecule has 0 spiro atoms. The van der Waals surface area contributed by atoms with Crippen molar-refractivity contribution in [1.29, 1.82) is 0 Å². The summed E-state index contributed by atoms with van der Waals surface area (Å²) >= 11 is 5.90. The lowest BCUT2D eigenvalue weighted by Crippen LogP contribution is -2.49. The number of amides is 1. The maximum atomic E-state index is 12.6. The molecule has 0 unspecified atom stereocenters. The lowest BCUT2D eigenvalue weighted by Gasteiger charge is -2.34. The van der Waals surface area contributed by atoms with E-state index in [9.17, 15) is 4.79 Å². The molecule has 6 heteroatoms. The number of para-hydroxylation sites is 1. The highest BCUT2D eigenvalue weighted by Gasteiger charge is 2.21. The molecule has 1 aromatic heterocycles. The second kappa shape index (κ2) is 9.25. The molecule has 0 aliphatic carbocycles. The molecule has 0 atom stereocenters. The van der Waals surface area contributed by atoms with Crippen molar-refractivity contribution in [3.8, 4) is 5.75 Å². The minimum Gasteiger partial charge on any atom is -0.491 e. The number of carbonyl (C=O) groups excluding carboxylic acids is 1. The van der Waals surface area contributed by atoms with Crippen LogP contribution in [0.3, 0.4) is 0 Å². The summed E-state index contributed by atoms with van der Waals surface area (Å²) in [4.78, 5) is 21.3. The van der Waals surface area contributed by atoms with Gasteiger partial charge in [-0.05, 0) is 42.8 Å². The van der Waals surface area contributed by atoms with E-state index in [0.717, 1.165) is 55.8 Å². The van der Waals surface area contributed by atoms with Crippen molar-refractivity contribution in [2.45, 2.75) is 6.42 Å². The van der Waals surface area contributed by atoms with Crippen molar-refractivity contribution in [3.05, 3.63) is 71.4 Å². The summed E-state index contributed by atoms with van der Waals surface area (Å²) in [6.45, 7) is 4.87. The lowest BCUT2D eigenvalue weighted by atomic mass is 10.2. The highest BCUT2D eigenvalue weighted by molar-refractivity contribution is 6.30. The zero-order valence-corrected chi connectivity index (χ0v) is 17.0. The number of carbonyl (C=O) groups is 1. The number of nitrogens with zero attached hydrogens (tertiary/aromatic N) is 3. The standard InChI is InChI=1S/C23H24ClN3O2/c24-20-9-7-19(8-10-20)23(28)27-15-13-26(14-16-27)12-3-17-29-21-6-1-4-18-5-2-11-25-22(18)21/h1-2,4-11H,3,12-17H2. The normalized spacial score (nSPS) is 14.9. The van der Waals surface area contributed by atoms with Crippen molar-refractivity contribution >= 4 is 28.4 Å². The molecule has 0 radical (unpaired) electrons. The van der Waals surface area contributed by atoms with Gasteiger partial charge in [0.05, 0.1) is 6.61 Å². The third-order valence-electron chi connectivity index (χ3n) is 5.22. The number of fused-ring (bicyclic) bond motifs is 1. The van der Waals surface area contributed by atoms with Crippen molar-refractivity contribution in [1.82, 2.24) is 14.8 Å². The second-order valence-corrected chi connectivity index (χ2v) is 7.61. The van der Waals surface area contributed by atoms with Gasteiger partial charge >= 0.3 is 0 Å². The molecule has 2 heterocycles. The number of ether oxygens (including phenoxy) is 1. The summed E-state index contributed by atoms with van der Waals surface area (Å²) in [5, 5.41) is 1.74. The Hall–Kier alpha value is -2.63. The van der Waals surface area contributed by atoms with Gasteiger partial charge in [-0.25, -0.2) is 0 Å². The van der Waals surface area contributed by atoms with Crippen molar-refractivity contribution in [2.75, 3.05) is 39.3 Å². The summed E-state index contributed by atoms with van der Waals surface area (Å²) in [6.07, 6.45) is 2.73. The van der Waals surface area contributed by atoms with E-state index in [1.165, 1.54) is 0 Å². The van der Waals surface area contributed by atoms with Crippen LogP contribution in [0.25, 0.3) is 10.9 Å². The van der Waals surface area contributed by atoms with Gasteiger partial charge in [-0.3, -0.25) is 14.7 Å². The first-order valence-electron chi connectivity index (χ1n) is 9.94. The molecular weight excluding hydrogens is 386 g/mol. The van der Waals surface area contributed by atoms with E-state index in [1.54, 1.807) is 30.5 Å². The third kappa shape index (κ3) is 4.86. The Morgan fingerprint density at radius 1 is 1.00 bits per heavy atom. The summed E-state index contributed by atoms with van der Waals surface area (Å²) in [5.41, 5.74) is 1.60. The van der Waals surface area contributed by atoms with Gasteiger partial charge in [0.1, 0.15) is 11.3 Å². The Kier molecular flexibility index (Phi) is 6.27. The molecule has 1 saturated heterocycles. The van der Waals surface area contributed by atoms with Crippen LogP contribution in [0.4, 0.5) is 0 Å². The Balaban J connectivity index is 1.21. The highest BCUT2D eigenvalue weighted by Crippen LogP contribution is 2.23. The van der Waals surface area contributed by atoms with Crippen LogP contribution >= 0.6 is 11.6 Å². The fourth-order valence-corrected chi connectivity index (χ4v) is 3.74. The quantitative estimate of drug-likeness (QED) is 0.574. The lowest BCUT2D eigenvalue weighted by molar-refractivity contribution is 0.0631. The molecule has 0 bridgehead atoms. The first kappa shape index (κ1) is 19.7. The fourth-order valence-electron chi connectivity index (χ4n) is 3.61. The van der Waals surface area contributed by atoms with Crippen LogP contribution in [0.1, 0.15) is 16.8 Å². The molecule has 0 saturated carbocycles. The number of rotatable bonds is 6. The van der Waals surface area contributed by atoms with E-state index in [0.29, 0.717) is 17.2 Å². The molecule has 4 rings (SSSR count). The summed E-state index contributed by atoms with van der Waals surface area (Å²) in [5.74, 6) is 0.912. The van der Waals surface area contributed by atoms with E-state index in [-0.39, 0.29) is 5.91 Å². The smallest absolute Gasteiger partial charge is 0.253 e. The van der Waals surface area contributed by atoms with Gasteiger partial charge in [-0.1, -0.05) is 29.8 Å². The molecule has 150 valence electrons. The monoisotopic (exact) mass is 409 g/mol. The van der Waals surface area contributed by atoms with Gasteiger partial charge in [0, 0.05) is 54.9 Å². The minimum absolute atomic E-state index is 0.0769. The average molecular weight is 410 g/mol. The van der Waals surface area contributed by atoms with Gasteiger partial charge in [0.15, 0.2) is 0 Å². The van der Waals surface area contributed by atoms with Gasteiger partial charge in [0.2, 0.25) is 0 Å². The summed E-state index contributed by atoms with van der Waals surface area (Å²) in [7, 11) is 0. The number of benzene rings is 2. The van der Waals surface area contributed by atoms with Gasteiger partial charge < -0.3 is 9.64 Å². The Labute approximate surface area is 175 Å². The topological polar surface area (TPSA) is 45.7 Å². The predicted molar refractivity (Wildman–Crippen MR) is 116 cm³/mol. The zero-order valence-electron chi connectivity index (χ0n) is 16.3. The van der Waals surface area contributed by atoms with Crippen LogP contribution in [0, 0.1) is 0 Å². The number of hydrogen-bond donors (Lipinski definition) is 0. The molecule has 0 N–H and O–H groups in total. The van der Waals surface area contributed by atoms with E-state index in [1.807, 2.05) is 35.2 Å². The fraction of sp³-hybridized carbons (Fsp3) is 0.304. The third-order valence-corrected chi connectivity index (χ3v) is 5.47. The first-order chi connectivity index (χ1) is 14.2. The van der Waals surface area contributed by atoms with Crippen LogP contribution in [-0.4, -0.2) is 60.0 Å². The Morgan fingerprint density at radius 3 is 2.55 bits per heavy atom. The van der Waals surface area contributed by atoms with E-state index < -0.39 is 0 Å². The number of pyridine rings is 1. The van der Waals surface area contributed by atoms with Crippen LogP contribution in [0.2, 0.25) is 5.02 Å². The molecule has 29 heavy (non-hydrogen) atoms. The Bertz CT molecular complexity index is 964.